The van der Waals surface area contributed by atoms with Crippen LogP contribution in [0.15, 0.2) is 0 Å². The van der Waals surface area contributed by atoms with Crippen LogP contribution in [0, 0.1) is 11.3 Å². The number of carbonyl (C=O) groups is 1. The molecule has 2 rings (SSSR count). The van der Waals surface area contributed by atoms with Gasteiger partial charge in [0.05, 0.1) is 6.61 Å². The van der Waals surface area contributed by atoms with Gasteiger partial charge >= 0.3 is 0 Å². The number of amides is 1. The highest BCUT2D eigenvalue weighted by Gasteiger charge is 2.41. The molecular formula is C15H28N2O2. The molecule has 1 aliphatic heterocycles. The van der Waals surface area contributed by atoms with Gasteiger partial charge in [0.15, 0.2) is 0 Å². The van der Waals surface area contributed by atoms with Gasteiger partial charge in [0.1, 0.15) is 0 Å². The van der Waals surface area contributed by atoms with Crippen molar-refractivity contribution in [1.29, 1.82) is 0 Å². The summed E-state index contributed by atoms with van der Waals surface area (Å²) in [5.41, 5.74) is 0.119. The van der Waals surface area contributed by atoms with Crippen molar-refractivity contribution in [2.45, 2.75) is 52.0 Å². The van der Waals surface area contributed by atoms with Gasteiger partial charge in [-0.05, 0) is 37.6 Å². The van der Waals surface area contributed by atoms with Crippen LogP contribution < -0.4 is 5.32 Å². The Morgan fingerprint density at radius 1 is 1.37 bits per heavy atom. The molecule has 4 nitrogen and oxygen atoms in total. The third kappa shape index (κ3) is 3.48. The second-order valence-corrected chi connectivity index (χ2v) is 6.73. The first kappa shape index (κ1) is 14.8. The number of rotatable bonds is 5. The molecule has 0 aromatic heterocycles. The van der Waals surface area contributed by atoms with Crippen molar-refractivity contribution in [1.82, 2.24) is 10.2 Å². The zero-order chi connectivity index (χ0) is 13.9. The molecule has 2 aliphatic rings. The fraction of sp³-hybridized carbons (Fsp3) is 0.933. The molecule has 1 saturated heterocycles. The molecule has 0 radical (unpaired) electrons. The Morgan fingerprint density at radius 2 is 2.16 bits per heavy atom. The highest BCUT2D eigenvalue weighted by atomic mass is 16.3. The van der Waals surface area contributed by atoms with Gasteiger partial charge in [-0.2, -0.15) is 0 Å². The maximum absolute atomic E-state index is 12.7. The first-order chi connectivity index (χ1) is 9.04. The first-order valence-electron chi connectivity index (χ1n) is 7.67. The Balaban J connectivity index is 1.98. The Labute approximate surface area is 116 Å². The number of nitrogens with zero attached hydrogens (tertiary/aromatic N) is 1. The summed E-state index contributed by atoms with van der Waals surface area (Å²) >= 11 is 0. The van der Waals surface area contributed by atoms with Crippen molar-refractivity contribution in [3.8, 4) is 0 Å². The highest BCUT2D eigenvalue weighted by Crippen LogP contribution is 2.43. The average Bonchev–Trinajstić information content (AvgIpc) is 2.97. The predicted octanol–water partition coefficient (Wildman–Crippen LogP) is 1.39. The number of hydrogen-bond acceptors (Lipinski definition) is 3. The lowest BCUT2D eigenvalue weighted by Crippen LogP contribution is -2.46. The topological polar surface area (TPSA) is 52.6 Å². The van der Waals surface area contributed by atoms with Crippen LogP contribution in [-0.2, 0) is 4.79 Å². The number of carbonyl (C=O) groups excluding carboxylic acids is 1. The van der Waals surface area contributed by atoms with E-state index in [0.29, 0.717) is 12.6 Å². The Kier molecular flexibility index (Phi) is 4.85. The van der Waals surface area contributed by atoms with E-state index in [1.165, 1.54) is 6.42 Å². The number of nitrogens with one attached hydrogen (secondary N) is 1. The molecule has 1 saturated carbocycles. The molecule has 0 aromatic carbocycles. The third-order valence-corrected chi connectivity index (χ3v) is 4.84. The van der Waals surface area contributed by atoms with E-state index in [2.05, 4.69) is 19.2 Å². The van der Waals surface area contributed by atoms with Crippen LogP contribution in [0.5, 0.6) is 0 Å². The molecule has 0 aromatic rings. The van der Waals surface area contributed by atoms with Gasteiger partial charge in [0, 0.05) is 25.0 Å². The summed E-state index contributed by atoms with van der Waals surface area (Å²) in [6, 6.07) is 0.417. The molecule has 0 spiro atoms. The van der Waals surface area contributed by atoms with Crippen molar-refractivity contribution in [2.24, 2.45) is 11.3 Å². The van der Waals surface area contributed by atoms with Crippen molar-refractivity contribution < 1.29 is 9.90 Å². The smallest absolute Gasteiger partial charge is 0.226 e. The van der Waals surface area contributed by atoms with Crippen LogP contribution >= 0.6 is 0 Å². The average molecular weight is 268 g/mol. The molecule has 1 aliphatic carbocycles. The summed E-state index contributed by atoms with van der Waals surface area (Å²) < 4.78 is 0. The SMILES string of the molecule is CC1(C)CCCC1C(=O)N(CCO)CC1CCCN1. The Hall–Kier alpha value is -0.610. The van der Waals surface area contributed by atoms with Crippen LogP contribution in [0.4, 0.5) is 0 Å². The molecular weight excluding hydrogens is 240 g/mol. The summed E-state index contributed by atoms with van der Waals surface area (Å²) in [6.45, 7) is 6.75. The lowest BCUT2D eigenvalue weighted by Gasteiger charge is -2.33. The van der Waals surface area contributed by atoms with Crippen molar-refractivity contribution in [2.75, 3.05) is 26.2 Å². The molecule has 0 bridgehead atoms. The van der Waals surface area contributed by atoms with E-state index in [0.717, 1.165) is 38.8 Å². The van der Waals surface area contributed by atoms with Gasteiger partial charge in [0.25, 0.3) is 0 Å². The number of aliphatic hydroxyl groups excluding tert-OH is 1. The molecule has 19 heavy (non-hydrogen) atoms. The van der Waals surface area contributed by atoms with Crippen molar-refractivity contribution in [3.05, 3.63) is 0 Å². The monoisotopic (exact) mass is 268 g/mol. The summed E-state index contributed by atoms with van der Waals surface area (Å²) in [5, 5.41) is 12.7. The van der Waals surface area contributed by atoms with Gasteiger partial charge in [-0.1, -0.05) is 20.3 Å². The maximum Gasteiger partial charge on any atom is 0.226 e. The predicted molar refractivity (Wildman–Crippen MR) is 75.8 cm³/mol. The van der Waals surface area contributed by atoms with Crippen LogP contribution in [0.2, 0.25) is 0 Å². The van der Waals surface area contributed by atoms with E-state index in [9.17, 15) is 9.90 Å². The molecule has 4 heteroatoms. The molecule has 2 unspecified atom stereocenters. The normalized spacial score (nSPS) is 29.6. The maximum atomic E-state index is 12.7. The minimum Gasteiger partial charge on any atom is -0.395 e. The van der Waals surface area contributed by atoms with Gasteiger partial charge < -0.3 is 15.3 Å². The minimum absolute atomic E-state index is 0.0611. The Bertz CT molecular complexity index is 311. The van der Waals surface area contributed by atoms with Gasteiger partial charge in [0.2, 0.25) is 5.91 Å². The molecule has 1 amide bonds. The van der Waals surface area contributed by atoms with Crippen molar-refractivity contribution >= 4 is 5.91 Å². The quantitative estimate of drug-likeness (QED) is 0.792. The van der Waals surface area contributed by atoms with Crippen LogP contribution in [0.3, 0.4) is 0 Å². The summed E-state index contributed by atoms with van der Waals surface area (Å²) in [5.74, 6) is 0.394. The summed E-state index contributed by atoms with van der Waals surface area (Å²) in [6.07, 6.45) is 5.63. The molecule has 2 atom stereocenters. The van der Waals surface area contributed by atoms with Gasteiger partial charge in [-0.3, -0.25) is 4.79 Å². The highest BCUT2D eigenvalue weighted by molar-refractivity contribution is 5.80. The standard InChI is InChI=1S/C15H28N2O2/c1-15(2)7-3-6-13(15)14(19)17(9-10-18)11-12-5-4-8-16-12/h12-13,16,18H,3-11H2,1-2H3. The molecule has 2 fully saturated rings. The van der Waals surface area contributed by atoms with Crippen LogP contribution in [0.1, 0.15) is 46.0 Å². The molecule has 2 N–H and O–H groups in total. The van der Waals surface area contributed by atoms with Gasteiger partial charge in [-0.25, -0.2) is 0 Å². The summed E-state index contributed by atoms with van der Waals surface area (Å²) in [4.78, 5) is 14.6. The largest absolute Gasteiger partial charge is 0.395 e. The zero-order valence-electron chi connectivity index (χ0n) is 12.3. The van der Waals surface area contributed by atoms with E-state index in [1.807, 2.05) is 4.90 Å². The van der Waals surface area contributed by atoms with Crippen LogP contribution in [0.25, 0.3) is 0 Å². The second kappa shape index (κ2) is 6.23. The van der Waals surface area contributed by atoms with E-state index in [-0.39, 0.29) is 23.8 Å². The summed E-state index contributed by atoms with van der Waals surface area (Å²) in [7, 11) is 0. The zero-order valence-corrected chi connectivity index (χ0v) is 12.3. The van der Waals surface area contributed by atoms with E-state index >= 15 is 0 Å². The van der Waals surface area contributed by atoms with E-state index < -0.39 is 0 Å². The fourth-order valence-corrected chi connectivity index (χ4v) is 3.60. The lowest BCUT2D eigenvalue weighted by atomic mass is 9.81. The second-order valence-electron chi connectivity index (χ2n) is 6.73. The third-order valence-electron chi connectivity index (χ3n) is 4.84. The minimum atomic E-state index is 0.0611. The lowest BCUT2D eigenvalue weighted by molar-refractivity contribution is -0.139. The van der Waals surface area contributed by atoms with Crippen LogP contribution in [-0.4, -0.2) is 48.2 Å². The van der Waals surface area contributed by atoms with Gasteiger partial charge in [-0.15, -0.1) is 0 Å². The van der Waals surface area contributed by atoms with Crippen molar-refractivity contribution in [3.63, 3.8) is 0 Å². The fourth-order valence-electron chi connectivity index (χ4n) is 3.60. The number of hydrogen-bond donors (Lipinski definition) is 2. The van der Waals surface area contributed by atoms with E-state index in [4.69, 9.17) is 0 Å². The van der Waals surface area contributed by atoms with E-state index in [1.54, 1.807) is 0 Å². The first-order valence-corrected chi connectivity index (χ1v) is 7.67. The molecule has 110 valence electrons. The number of aliphatic hydroxyl groups is 1. The Morgan fingerprint density at radius 3 is 2.68 bits per heavy atom. The molecule has 1 heterocycles.